The van der Waals surface area contributed by atoms with Crippen LogP contribution in [0, 0.1) is 10.1 Å². The van der Waals surface area contributed by atoms with E-state index in [1.54, 1.807) is 60.9 Å². The molecular weight excluding hydrogens is 592 g/mol. The van der Waals surface area contributed by atoms with Gasteiger partial charge in [0.1, 0.15) is 12.2 Å². The minimum Gasteiger partial charge on any atom is -0.370 e. The zero-order valence-electron chi connectivity index (χ0n) is 21.5. The predicted molar refractivity (Wildman–Crippen MR) is 150 cm³/mol. The van der Waals surface area contributed by atoms with Gasteiger partial charge in [0, 0.05) is 30.4 Å². The van der Waals surface area contributed by atoms with Crippen molar-refractivity contribution in [2.45, 2.75) is 30.8 Å². The predicted octanol–water partition coefficient (Wildman–Crippen LogP) is 4.22. The van der Waals surface area contributed by atoms with Crippen molar-refractivity contribution >= 4 is 42.8 Å². The van der Waals surface area contributed by atoms with Gasteiger partial charge in [-0.3, -0.25) is 19.2 Å². The Labute approximate surface area is 240 Å². The van der Waals surface area contributed by atoms with E-state index in [4.69, 9.17) is 13.1 Å². The van der Waals surface area contributed by atoms with Gasteiger partial charge in [-0.2, -0.15) is 16.8 Å². The van der Waals surface area contributed by atoms with Crippen molar-refractivity contribution in [2.24, 2.45) is 0 Å². The number of aromatic amines is 1. The third-order valence-electron chi connectivity index (χ3n) is 6.77. The lowest BCUT2D eigenvalue weighted by Crippen LogP contribution is -2.50. The first-order valence-corrected chi connectivity index (χ1v) is 15.1. The van der Waals surface area contributed by atoms with E-state index in [1.807, 2.05) is 12.1 Å². The standard InChI is InChI=1S/C27H24N2O11S2/c30-29(31)20-8-3-5-17(13-20)16-38-25-23(19-11-12-28-15-19)14-24(22-10-4-7-18-6-1-2-9-21(18)22)26(39-41(32,33)34)27(25)40-42(35,36)37/h1-15,23,25-28H,16H2,(H,32,33,34)(H,35,36,37)/t23-,25-,26-,27+/m1/s1. The molecule has 0 unspecified atom stereocenters. The Morgan fingerprint density at radius 2 is 1.60 bits per heavy atom. The van der Waals surface area contributed by atoms with Crippen LogP contribution in [0.25, 0.3) is 16.3 Å². The number of nitro groups is 1. The second-order valence-electron chi connectivity index (χ2n) is 9.45. The van der Waals surface area contributed by atoms with Gasteiger partial charge in [0.25, 0.3) is 5.69 Å². The number of fused-ring (bicyclic) bond motifs is 1. The largest absolute Gasteiger partial charge is 0.398 e. The molecule has 1 aromatic heterocycles. The van der Waals surface area contributed by atoms with Crippen LogP contribution in [-0.2, 0) is 40.5 Å². The molecule has 3 aromatic carbocycles. The van der Waals surface area contributed by atoms with Crippen molar-refractivity contribution in [3.8, 4) is 0 Å². The molecule has 0 radical (unpaired) electrons. The van der Waals surface area contributed by atoms with Crippen LogP contribution >= 0.6 is 0 Å². The molecule has 0 amide bonds. The molecular formula is C27H24N2O11S2. The Bertz CT molecular complexity index is 1850. The minimum absolute atomic E-state index is 0.138. The Morgan fingerprint density at radius 3 is 2.29 bits per heavy atom. The molecule has 0 saturated carbocycles. The van der Waals surface area contributed by atoms with E-state index < -0.39 is 50.0 Å². The van der Waals surface area contributed by atoms with Gasteiger partial charge in [-0.05, 0) is 39.1 Å². The zero-order chi connectivity index (χ0) is 30.1. The number of hydrogen-bond donors (Lipinski definition) is 3. The SMILES string of the molecule is O=[N+]([O-])c1cccc(CO[C@H]2[C@H](OS(=O)(=O)O)[C@H](OS(=O)(=O)O)C(c3cccc4ccccc34)=C[C@@H]2c2cc[nH]c2)c1. The van der Waals surface area contributed by atoms with Crippen LogP contribution in [0.1, 0.15) is 22.6 Å². The second kappa shape index (κ2) is 11.7. The maximum absolute atomic E-state index is 12.1. The molecule has 1 aliphatic carbocycles. The highest BCUT2D eigenvalue weighted by Crippen LogP contribution is 2.43. The van der Waals surface area contributed by atoms with E-state index in [2.05, 4.69) is 4.98 Å². The summed E-state index contributed by atoms with van der Waals surface area (Å²) >= 11 is 0. The van der Waals surface area contributed by atoms with Gasteiger partial charge < -0.3 is 9.72 Å². The number of benzene rings is 3. The summed E-state index contributed by atoms with van der Waals surface area (Å²) in [5.41, 5.74) is 1.30. The smallest absolute Gasteiger partial charge is 0.370 e. The summed E-state index contributed by atoms with van der Waals surface area (Å²) in [5.74, 6) is -0.822. The Kier molecular flexibility index (Phi) is 8.25. The molecule has 0 aliphatic heterocycles. The van der Waals surface area contributed by atoms with Gasteiger partial charge in [-0.25, -0.2) is 8.37 Å². The van der Waals surface area contributed by atoms with Crippen LogP contribution in [0.2, 0.25) is 0 Å². The highest BCUT2D eigenvalue weighted by Gasteiger charge is 2.48. The molecule has 4 atom stereocenters. The first-order valence-electron chi connectivity index (χ1n) is 12.4. The fourth-order valence-electron chi connectivity index (χ4n) is 5.12. The lowest BCUT2D eigenvalue weighted by molar-refractivity contribution is -0.385. The van der Waals surface area contributed by atoms with Gasteiger partial charge in [-0.1, -0.05) is 60.7 Å². The number of nitrogens with one attached hydrogen (secondary N) is 1. The molecule has 13 nitrogen and oxygen atoms in total. The van der Waals surface area contributed by atoms with E-state index in [0.29, 0.717) is 22.1 Å². The number of ether oxygens (including phenoxy) is 1. The third-order valence-corrected chi connectivity index (χ3v) is 7.69. The third kappa shape index (κ3) is 6.74. The molecule has 0 saturated heterocycles. The summed E-state index contributed by atoms with van der Waals surface area (Å²) in [6.45, 7) is -0.297. The summed E-state index contributed by atoms with van der Waals surface area (Å²) in [6, 6.07) is 19.6. The van der Waals surface area contributed by atoms with Gasteiger partial charge in [0.15, 0.2) is 0 Å². The quantitative estimate of drug-likeness (QED) is 0.131. The topological polar surface area (TPSA) is 195 Å². The highest BCUT2D eigenvalue weighted by molar-refractivity contribution is 7.81. The number of hydrogen-bond acceptors (Lipinski definition) is 9. The summed E-state index contributed by atoms with van der Waals surface area (Å²) < 4.78 is 84.0. The lowest BCUT2D eigenvalue weighted by Gasteiger charge is -2.40. The fraction of sp³-hybridized carbons (Fsp3) is 0.185. The second-order valence-corrected chi connectivity index (χ2v) is 11.6. The maximum atomic E-state index is 12.1. The first-order chi connectivity index (χ1) is 19.9. The average molecular weight is 617 g/mol. The summed E-state index contributed by atoms with van der Waals surface area (Å²) in [7, 11) is -10.5. The number of non-ortho nitro benzene ring substituents is 1. The van der Waals surface area contributed by atoms with Crippen molar-refractivity contribution < 1.29 is 44.0 Å². The molecule has 0 spiro atoms. The molecule has 1 aliphatic rings. The van der Waals surface area contributed by atoms with E-state index in [0.717, 1.165) is 5.39 Å². The van der Waals surface area contributed by atoms with Crippen molar-refractivity contribution in [3.63, 3.8) is 0 Å². The number of nitrogens with zero attached hydrogens (tertiary/aromatic N) is 1. The Morgan fingerprint density at radius 1 is 0.881 bits per heavy atom. The maximum Gasteiger partial charge on any atom is 0.398 e. The molecule has 4 aromatic rings. The van der Waals surface area contributed by atoms with Crippen LogP contribution in [0.4, 0.5) is 5.69 Å². The summed E-state index contributed by atoms with van der Waals surface area (Å²) in [6.07, 6.45) is -0.203. The fourth-order valence-corrected chi connectivity index (χ4v) is 6.09. The van der Waals surface area contributed by atoms with Crippen LogP contribution < -0.4 is 0 Å². The molecule has 42 heavy (non-hydrogen) atoms. The zero-order valence-corrected chi connectivity index (χ0v) is 23.1. The average Bonchev–Trinajstić information content (AvgIpc) is 3.46. The van der Waals surface area contributed by atoms with Crippen molar-refractivity contribution in [3.05, 3.63) is 118 Å². The van der Waals surface area contributed by atoms with Gasteiger partial charge in [0.2, 0.25) is 0 Å². The monoisotopic (exact) mass is 616 g/mol. The van der Waals surface area contributed by atoms with Crippen LogP contribution in [-0.4, -0.2) is 54.2 Å². The van der Waals surface area contributed by atoms with E-state index in [1.165, 1.54) is 18.2 Å². The summed E-state index contributed by atoms with van der Waals surface area (Å²) in [4.78, 5) is 13.6. The summed E-state index contributed by atoms with van der Waals surface area (Å²) in [5, 5.41) is 12.7. The Balaban J connectivity index is 1.69. The molecule has 220 valence electrons. The van der Waals surface area contributed by atoms with E-state index in [9.17, 15) is 36.1 Å². The number of rotatable bonds is 10. The number of aromatic nitrogens is 1. The molecule has 1 heterocycles. The van der Waals surface area contributed by atoms with E-state index in [-0.39, 0.29) is 17.9 Å². The van der Waals surface area contributed by atoms with Crippen molar-refractivity contribution in [1.29, 1.82) is 0 Å². The van der Waals surface area contributed by atoms with Gasteiger partial charge in [-0.15, -0.1) is 0 Å². The van der Waals surface area contributed by atoms with Crippen LogP contribution in [0.3, 0.4) is 0 Å². The van der Waals surface area contributed by atoms with Crippen LogP contribution in [0.5, 0.6) is 0 Å². The molecule has 15 heteroatoms. The van der Waals surface area contributed by atoms with Crippen LogP contribution in [0.15, 0.2) is 91.3 Å². The van der Waals surface area contributed by atoms with Crippen molar-refractivity contribution in [2.75, 3.05) is 0 Å². The number of nitro benzene ring substituents is 1. The molecule has 0 fully saturated rings. The molecule has 0 bridgehead atoms. The molecule has 5 rings (SSSR count). The Hall–Kier alpha value is -3.96. The lowest BCUT2D eigenvalue weighted by atomic mass is 9.77. The van der Waals surface area contributed by atoms with Gasteiger partial charge in [0.05, 0.1) is 17.6 Å². The van der Waals surface area contributed by atoms with Crippen molar-refractivity contribution in [1.82, 2.24) is 4.98 Å². The minimum atomic E-state index is -5.25. The first kappa shape index (κ1) is 29.5. The number of H-pyrrole nitrogens is 1. The van der Waals surface area contributed by atoms with Gasteiger partial charge >= 0.3 is 20.8 Å². The normalized spacial score (nSPS) is 21.2. The molecule has 3 N–H and O–H groups in total. The van der Waals surface area contributed by atoms with E-state index >= 15 is 0 Å². The highest BCUT2D eigenvalue weighted by atomic mass is 32.3.